The average Bonchev–Trinajstić information content (AvgIpc) is 4.02. The fourth-order valence-corrected chi connectivity index (χ4v) is 5.15. The van der Waals surface area contributed by atoms with E-state index in [1.54, 1.807) is 12.1 Å². The lowest BCUT2D eigenvalue weighted by molar-refractivity contribution is 0.0599. The number of rotatable bonds is 10. The third-order valence-electron chi connectivity index (χ3n) is 8.06. The lowest BCUT2D eigenvalue weighted by atomic mass is 9.93. The number of hydrogen-bond donors (Lipinski definition) is 1. The highest BCUT2D eigenvalue weighted by atomic mass is 19.1. The first-order valence-corrected chi connectivity index (χ1v) is 14.9. The van der Waals surface area contributed by atoms with Gasteiger partial charge in [-0.2, -0.15) is 0 Å². The van der Waals surface area contributed by atoms with Gasteiger partial charge in [0.2, 0.25) is 0 Å². The number of carboxylic acids is 1. The van der Waals surface area contributed by atoms with E-state index in [1.807, 2.05) is 0 Å². The maximum Gasteiger partial charge on any atom is 0.337 e. The first-order valence-electron chi connectivity index (χ1n) is 14.9. The van der Waals surface area contributed by atoms with E-state index in [-0.39, 0.29) is 51.2 Å². The highest BCUT2D eigenvalue weighted by Gasteiger charge is 2.34. The number of halogens is 2. The van der Waals surface area contributed by atoms with Crippen LogP contribution < -0.4 is 9.47 Å². The Morgan fingerprint density at radius 2 is 1.02 bits per heavy atom. The summed E-state index contributed by atoms with van der Waals surface area (Å²) in [6.07, 6.45) is 3.22. The van der Waals surface area contributed by atoms with E-state index in [2.05, 4.69) is 0 Å². The molecule has 0 bridgehead atoms. The molecule has 0 saturated heterocycles. The van der Waals surface area contributed by atoms with E-state index in [0.29, 0.717) is 28.2 Å². The van der Waals surface area contributed by atoms with Gasteiger partial charge in [-0.3, -0.25) is 9.59 Å². The van der Waals surface area contributed by atoms with Crippen molar-refractivity contribution in [2.24, 2.45) is 11.8 Å². The Kier molecular flexibility index (Phi) is 9.79. The molecular formula is C37H32F2O8. The number of benzene rings is 4. The summed E-state index contributed by atoms with van der Waals surface area (Å²) in [5.41, 5.74) is 2.22. The van der Waals surface area contributed by atoms with Crippen LogP contribution in [0.25, 0.3) is 22.3 Å². The van der Waals surface area contributed by atoms with Crippen LogP contribution in [0.2, 0.25) is 0 Å². The molecule has 0 unspecified atom stereocenters. The van der Waals surface area contributed by atoms with Gasteiger partial charge < -0.3 is 19.3 Å². The number of carbonyl (C=O) groups is 4. The Bertz CT molecular complexity index is 1870. The minimum absolute atomic E-state index is 0.0149. The molecule has 47 heavy (non-hydrogen) atoms. The average molecular weight is 643 g/mol. The molecule has 0 aliphatic heterocycles. The SMILES string of the molecule is COC(=O)c1ccc(-c2cc(OC)ccc2F)c(C(=O)C2CC2)c1.COc1ccc(F)c(-c2ccc(C(=O)O)cc2C(=O)C2CC2)c1. The summed E-state index contributed by atoms with van der Waals surface area (Å²) in [5, 5.41) is 9.14. The molecule has 2 saturated carbocycles. The van der Waals surface area contributed by atoms with Crippen LogP contribution in [0, 0.1) is 23.5 Å². The van der Waals surface area contributed by atoms with Crippen LogP contribution in [0.4, 0.5) is 8.78 Å². The molecular weight excluding hydrogens is 610 g/mol. The standard InChI is InChI=1S/C19H17FO4.C18H15FO4/c1-23-13-6-8-17(20)15(10-13)14-7-5-12(19(22)24-2)9-16(14)18(21)11-3-4-11;1-23-12-5-7-16(19)14(9-12)13-6-4-11(18(21)22)8-15(13)17(20)10-2-3-10/h5-11H,3-4H2,1-2H3;4-10H,2-3H2,1H3,(H,21,22). The van der Waals surface area contributed by atoms with Crippen molar-refractivity contribution in [3.8, 4) is 33.8 Å². The molecule has 2 fully saturated rings. The van der Waals surface area contributed by atoms with E-state index >= 15 is 0 Å². The topological polar surface area (TPSA) is 116 Å². The van der Waals surface area contributed by atoms with E-state index in [1.165, 1.54) is 82.0 Å². The van der Waals surface area contributed by atoms with Gasteiger partial charge in [-0.15, -0.1) is 0 Å². The van der Waals surface area contributed by atoms with Crippen LogP contribution in [0.3, 0.4) is 0 Å². The van der Waals surface area contributed by atoms with E-state index in [0.717, 1.165) is 25.7 Å². The maximum absolute atomic E-state index is 14.3. The second-order valence-corrected chi connectivity index (χ2v) is 11.3. The van der Waals surface area contributed by atoms with Gasteiger partial charge in [0.1, 0.15) is 23.1 Å². The van der Waals surface area contributed by atoms with Crippen molar-refractivity contribution in [1.82, 2.24) is 0 Å². The highest BCUT2D eigenvalue weighted by Crippen LogP contribution is 2.39. The molecule has 0 heterocycles. The minimum atomic E-state index is -1.12. The number of esters is 1. The second-order valence-electron chi connectivity index (χ2n) is 11.3. The largest absolute Gasteiger partial charge is 0.497 e. The summed E-state index contributed by atoms with van der Waals surface area (Å²) in [7, 11) is 4.24. The third kappa shape index (κ3) is 7.38. The fraction of sp³-hybridized carbons (Fsp3) is 0.243. The predicted molar refractivity (Wildman–Crippen MR) is 169 cm³/mol. The van der Waals surface area contributed by atoms with Gasteiger partial charge >= 0.3 is 11.9 Å². The van der Waals surface area contributed by atoms with Crippen LogP contribution in [-0.4, -0.2) is 49.9 Å². The zero-order valence-electron chi connectivity index (χ0n) is 26.0. The van der Waals surface area contributed by atoms with Gasteiger partial charge in [-0.05, 0) is 97.5 Å². The lowest BCUT2D eigenvalue weighted by Crippen LogP contribution is -2.08. The van der Waals surface area contributed by atoms with Crippen molar-refractivity contribution in [2.45, 2.75) is 25.7 Å². The van der Waals surface area contributed by atoms with Crippen LogP contribution in [0.15, 0.2) is 72.8 Å². The van der Waals surface area contributed by atoms with Crippen LogP contribution in [0.1, 0.15) is 67.1 Å². The smallest absolute Gasteiger partial charge is 0.337 e. The van der Waals surface area contributed by atoms with Crippen LogP contribution in [0.5, 0.6) is 11.5 Å². The lowest BCUT2D eigenvalue weighted by Gasteiger charge is -2.12. The van der Waals surface area contributed by atoms with Gasteiger partial charge in [-0.1, -0.05) is 12.1 Å². The third-order valence-corrected chi connectivity index (χ3v) is 8.06. The molecule has 4 aromatic rings. The molecule has 4 aromatic carbocycles. The molecule has 10 heteroatoms. The van der Waals surface area contributed by atoms with Gasteiger partial charge in [0, 0.05) is 34.1 Å². The Labute approximate surface area is 269 Å². The first kappa shape index (κ1) is 33.0. The normalized spacial score (nSPS) is 13.6. The number of carbonyl (C=O) groups excluding carboxylic acids is 3. The van der Waals surface area contributed by atoms with Gasteiger partial charge in [-0.25, -0.2) is 18.4 Å². The van der Waals surface area contributed by atoms with E-state index in [9.17, 15) is 28.0 Å². The first-order chi connectivity index (χ1) is 22.6. The van der Waals surface area contributed by atoms with Crippen LogP contribution in [-0.2, 0) is 4.74 Å². The fourth-order valence-electron chi connectivity index (χ4n) is 5.15. The van der Waals surface area contributed by atoms with Crippen molar-refractivity contribution >= 4 is 23.5 Å². The summed E-state index contributed by atoms with van der Waals surface area (Å²) in [6.45, 7) is 0. The van der Waals surface area contributed by atoms with Gasteiger partial charge in [0.15, 0.2) is 11.6 Å². The van der Waals surface area contributed by atoms with E-state index in [4.69, 9.17) is 19.3 Å². The number of methoxy groups -OCH3 is 3. The molecule has 242 valence electrons. The van der Waals surface area contributed by atoms with Gasteiger partial charge in [0.05, 0.1) is 32.5 Å². The van der Waals surface area contributed by atoms with Crippen molar-refractivity contribution in [3.63, 3.8) is 0 Å². The van der Waals surface area contributed by atoms with Crippen LogP contribution >= 0.6 is 0 Å². The quantitative estimate of drug-likeness (QED) is 0.138. The number of ketones is 2. The summed E-state index contributed by atoms with van der Waals surface area (Å²) in [6, 6.07) is 17.4. The Balaban J connectivity index is 0.000000185. The number of hydrogen-bond acceptors (Lipinski definition) is 7. The number of ether oxygens (including phenoxy) is 3. The monoisotopic (exact) mass is 642 g/mol. The van der Waals surface area contributed by atoms with Gasteiger partial charge in [0.25, 0.3) is 0 Å². The number of Topliss-reactive ketones (excluding diaryl/α,β-unsaturated/α-hetero) is 2. The number of carboxylic acid groups (broad SMARTS) is 1. The minimum Gasteiger partial charge on any atom is -0.497 e. The second kappa shape index (κ2) is 13.9. The predicted octanol–water partition coefficient (Wildman–Crippen LogP) is 7.67. The number of aromatic carboxylic acids is 1. The Morgan fingerprint density at radius 1 is 0.596 bits per heavy atom. The molecule has 2 aliphatic carbocycles. The van der Waals surface area contributed by atoms with E-state index < -0.39 is 23.6 Å². The molecule has 8 nitrogen and oxygen atoms in total. The molecule has 1 N–H and O–H groups in total. The summed E-state index contributed by atoms with van der Waals surface area (Å²) >= 11 is 0. The Hall–Kier alpha value is -5.38. The summed E-state index contributed by atoms with van der Waals surface area (Å²) in [5.74, 6) is -1.97. The molecule has 0 spiro atoms. The zero-order chi connectivity index (χ0) is 33.8. The zero-order valence-corrected chi connectivity index (χ0v) is 26.0. The van der Waals surface area contributed by atoms with Crippen molar-refractivity contribution < 1.29 is 47.3 Å². The highest BCUT2D eigenvalue weighted by molar-refractivity contribution is 6.07. The summed E-state index contributed by atoms with van der Waals surface area (Å²) in [4.78, 5) is 48.1. The van der Waals surface area contributed by atoms with Crippen molar-refractivity contribution in [2.75, 3.05) is 21.3 Å². The maximum atomic E-state index is 14.3. The molecule has 0 atom stereocenters. The molecule has 0 aromatic heterocycles. The summed E-state index contributed by atoms with van der Waals surface area (Å²) < 4.78 is 43.5. The Morgan fingerprint density at radius 3 is 1.40 bits per heavy atom. The molecule has 2 aliphatic rings. The van der Waals surface area contributed by atoms with Crippen molar-refractivity contribution in [3.05, 3.63) is 107 Å². The molecule has 0 amide bonds. The van der Waals surface area contributed by atoms with Crippen molar-refractivity contribution in [1.29, 1.82) is 0 Å². The molecule has 0 radical (unpaired) electrons. The molecule has 6 rings (SSSR count).